The van der Waals surface area contributed by atoms with E-state index in [0.717, 1.165) is 11.1 Å². The minimum Gasteiger partial charge on any atom is -0.493 e. The molecule has 2 aromatic carbocycles. The quantitative estimate of drug-likeness (QED) is 0.638. The zero-order chi connectivity index (χ0) is 21.0. The number of amides is 1. The largest absolute Gasteiger partial charge is 0.493 e. The Kier molecular flexibility index (Phi) is 6.64. The number of carbonyl (C=O) groups is 2. The standard InChI is InChI=1S/C22H24ClNO5/c1-4-29-22(26)24-10-9-15-11-20(27-2)21(28-3)12-17(15)18(24)13-19(25)14-5-7-16(23)8-6-14/h5-8,11-12,18H,4,9-10,13H2,1-3H3. The highest BCUT2D eigenvalue weighted by molar-refractivity contribution is 6.30. The van der Waals surface area contributed by atoms with E-state index in [1.54, 1.807) is 50.3 Å². The molecule has 6 nitrogen and oxygen atoms in total. The molecule has 0 aromatic heterocycles. The van der Waals surface area contributed by atoms with E-state index in [-0.39, 0.29) is 18.8 Å². The molecule has 29 heavy (non-hydrogen) atoms. The number of ketones is 1. The summed E-state index contributed by atoms with van der Waals surface area (Å²) in [6, 6.07) is 10.0. The summed E-state index contributed by atoms with van der Waals surface area (Å²) in [6.45, 7) is 2.49. The van der Waals surface area contributed by atoms with Crippen molar-refractivity contribution in [3.63, 3.8) is 0 Å². The Morgan fingerprint density at radius 3 is 2.38 bits per heavy atom. The van der Waals surface area contributed by atoms with Gasteiger partial charge in [0.25, 0.3) is 0 Å². The highest BCUT2D eigenvalue weighted by Crippen LogP contribution is 2.40. The molecule has 1 unspecified atom stereocenters. The van der Waals surface area contributed by atoms with Crippen LogP contribution in [0.3, 0.4) is 0 Å². The minimum atomic E-state index is -0.458. The number of hydrogen-bond donors (Lipinski definition) is 0. The summed E-state index contributed by atoms with van der Waals surface area (Å²) < 4.78 is 16.1. The third-order valence-electron chi connectivity index (χ3n) is 5.05. The molecule has 1 amide bonds. The minimum absolute atomic E-state index is 0.0800. The topological polar surface area (TPSA) is 65.1 Å². The molecule has 0 N–H and O–H groups in total. The van der Waals surface area contributed by atoms with Crippen LogP contribution in [0, 0.1) is 0 Å². The van der Waals surface area contributed by atoms with Gasteiger partial charge in [-0.2, -0.15) is 0 Å². The van der Waals surface area contributed by atoms with Gasteiger partial charge in [-0.1, -0.05) is 11.6 Å². The van der Waals surface area contributed by atoms with Gasteiger partial charge in [0, 0.05) is 23.6 Å². The monoisotopic (exact) mass is 417 g/mol. The molecule has 1 heterocycles. The third-order valence-corrected chi connectivity index (χ3v) is 5.30. The summed E-state index contributed by atoms with van der Waals surface area (Å²) in [4.78, 5) is 27.2. The van der Waals surface area contributed by atoms with Crippen LogP contribution in [0.1, 0.15) is 40.9 Å². The van der Waals surface area contributed by atoms with Crippen molar-refractivity contribution in [2.24, 2.45) is 0 Å². The Balaban J connectivity index is 1.99. The van der Waals surface area contributed by atoms with Crippen molar-refractivity contribution in [2.75, 3.05) is 27.4 Å². The van der Waals surface area contributed by atoms with Gasteiger partial charge >= 0.3 is 6.09 Å². The maximum absolute atomic E-state index is 13.0. The van der Waals surface area contributed by atoms with Crippen LogP contribution < -0.4 is 9.47 Å². The Labute approximate surface area is 175 Å². The van der Waals surface area contributed by atoms with Gasteiger partial charge in [0.05, 0.1) is 26.9 Å². The average molecular weight is 418 g/mol. The fraction of sp³-hybridized carbons (Fsp3) is 0.364. The van der Waals surface area contributed by atoms with Gasteiger partial charge in [0.1, 0.15) is 0 Å². The number of ether oxygens (including phenoxy) is 3. The first-order valence-electron chi connectivity index (χ1n) is 9.45. The van der Waals surface area contributed by atoms with Crippen molar-refractivity contribution in [3.05, 3.63) is 58.1 Å². The number of hydrogen-bond acceptors (Lipinski definition) is 5. The highest BCUT2D eigenvalue weighted by atomic mass is 35.5. The van der Waals surface area contributed by atoms with Crippen molar-refractivity contribution >= 4 is 23.5 Å². The summed E-state index contributed by atoms with van der Waals surface area (Å²) in [5.41, 5.74) is 2.44. The van der Waals surface area contributed by atoms with E-state index in [9.17, 15) is 9.59 Å². The van der Waals surface area contributed by atoms with Crippen LogP contribution in [0.15, 0.2) is 36.4 Å². The molecule has 0 bridgehead atoms. The van der Waals surface area contributed by atoms with Gasteiger partial charge in [0.2, 0.25) is 0 Å². The molecule has 0 fully saturated rings. The molecule has 7 heteroatoms. The fourth-order valence-electron chi connectivity index (χ4n) is 3.60. The number of Topliss-reactive ketones (excluding diaryl/α,β-unsaturated/α-hetero) is 1. The molecule has 1 aliphatic heterocycles. The lowest BCUT2D eigenvalue weighted by atomic mass is 9.88. The molecular weight excluding hydrogens is 394 g/mol. The van der Waals surface area contributed by atoms with Gasteiger partial charge in [-0.25, -0.2) is 4.79 Å². The second-order valence-corrected chi connectivity index (χ2v) is 7.13. The number of nitrogens with zero attached hydrogens (tertiary/aromatic N) is 1. The van der Waals surface area contributed by atoms with E-state index in [2.05, 4.69) is 0 Å². The van der Waals surface area contributed by atoms with Gasteiger partial charge in [-0.05, 0) is 60.9 Å². The van der Waals surface area contributed by atoms with E-state index in [0.29, 0.717) is 35.1 Å². The smallest absolute Gasteiger partial charge is 0.410 e. The lowest BCUT2D eigenvalue weighted by Gasteiger charge is -2.36. The zero-order valence-corrected chi connectivity index (χ0v) is 17.5. The van der Waals surface area contributed by atoms with E-state index in [1.807, 2.05) is 12.1 Å². The number of halogens is 1. The maximum Gasteiger partial charge on any atom is 0.410 e. The SMILES string of the molecule is CCOC(=O)N1CCc2cc(OC)c(OC)cc2C1CC(=O)c1ccc(Cl)cc1. The molecule has 0 saturated heterocycles. The summed E-state index contributed by atoms with van der Waals surface area (Å²) in [5, 5.41) is 0.564. The van der Waals surface area contributed by atoms with Crippen molar-refractivity contribution in [2.45, 2.75) is 25.8 Å². The van der Waals surface area contributed by atoms with Crippen LogP contribution in [0.2, 0.25) is 5.02 Å². The van der Waals surface area contributed by atoms with E-state index < -0.39 is 12.1 Å². The van der Waals surface area contributed by atoms with Gasteiger partial charge in [0.15, 0.2) is 17.3 Å². The van der Waals surface area contributed by atoms with Gasteiger partial charge < -0.3 is 19.1 Å². The van der Waals surface area contributed by atoms with Gasteiger partial charge in [-0.15, -0.1) is 0 Å². The number of carbonyl (C=O) groups excluding carboxylic acids is 2. The van der Waals surface area contributed by atoms with E-state index in [1.165, 1.54) is 0 Å². The highest BCUT2D eigenvalue weighted by Gasteiger charge is 2.34. The van der Waals surface area contributed by atoms with Crippen LogP contribution in [0.5, 0.6) is 11.5 Å². The molecule has 3 rings (SSSR count). The second kappa shape index (κ2) is 9.18. The van der Waals surface area contributed by atoms with Crippen LogP contribution in [-0.2, 0) is 11.2 Å². The normalized spacial score (nSPS) is 15.4. The first kappa shape index (κ1) is 21.0. The second-order valence-electron chi connectivity index (χ2n) is 6.70. The summed E-state index contributed by atoms with van der Waals surface area (Å²) in [7, 11) is 3.14. The Morgan fingerprint density at radius 1 is 1.10 bits per heavy atom. The molecule has 1 atom stereocenters. The number of fused-ring (bicyclic) bond motifs is 1. The van der Waals surface area contributed by atoms with Crippen molar-refractivity contribution in [1.82, 2.24) is 4.90 Å². The molecule has 2 aromatic rings. The van der Waals surface area contributed by atoms with Crippen molar-refractivity contribution in [1.29, 1.82) is 0 Å². The molecule has 0 saturated carbocycles. The van der Waals surface area contributed by atoms with E-state index >= 15 is 0 Å². The maximum atomic E-state index is 13.0. The Morgan fingerprint density at radius 2 is 1.76 bits per heavy atom. The molecule has 154 valence electrons. The molecule has 1 aliphatic rings. The molecule has 0 spiro atoms. The van der Waals surface area contributed by atoms with Gasteiger partial charge in [-0.3, -0.25) is 4.79 Å². The Bertz CT molecular complexity index is 897. The number of rotatable bonds is 6. The zero-order valence-electron chi connectivity index (χ0n) is 16.7. The molecular formula is C22H24ClNO5. The van der Waals surface area contributed by atoms with Crippen molar-refractivity contribution in [3.8, 4) is 11.5 Å². The fourth-order valence-corrected chi connectivity index (χ4v) is 3.73. The Hall–Kier alpha value is -2.73. The third kappa shape index (κ3) is 4.48. The molecule has 0 radical (unpaired) electrons. The number of benzene rings is 2. The summed E-state index contributed by atoms with van der Waals surface area (Å²) >= 11 is 5.93. The number of methoxy groups -OCH3 is 2. The van der Waals surface area contributed by atoms with Crippen molar-refractivity contribution < 1.29 is 23.8 Å². The van der Waals surface area contributed by atoms with Crippen LogP contribution in [0.25, 0.3) is 0 Å². The summed E-state index contributed by atoms with van der Waals surface area (Å²) in [6.07, 6.45) is 0.338. The summed E-state index contributed by atoms with van der Waals surface area (Å²) in [5.74, 6) is 1.10. The van der Waals surface area contributed by atoms with Crippen LogP contribution >= 0.6 is 11.6 Å². The van der Waals surface area contributed by atoms with E-state index in [4.69, 9.17) is 25.8 Å². The average Bonchev–Trinajstić information content (AvgIpc) is 2.73. The lowest BCUT2D eigenvalue weighted by molar-refractivity contribution is 0.0769. The first-order valence-corrected chi connectivity index (χ1v) is 9.83. The van der Waals surface area contributed by atoms with Crippen LogP contribution in [-0.4, -0.2) is 44.1 Å². The predicted octanol–water partition coefficient (Wildman–Crippen LogP) is 4.69. The first-order chi connectivity index (χ1) is 14.0. The van der Waals surface area contributed by atoms with Crippen LogP contribution in [0.4, 0.5) is 4.79 Å². The lowest BCUT2D eigenvalue weighted by Crippen LogP contribution is -2.41. The predicted molar refractivity (Wildman–Crippen MR) is 110 cm³/mol. The molecule has 0 aliphatic carbocycles.